The van der Waals surface area contributed by atoms with Crippen LogP contribution < -0.4 is 10.1 Å². The monoisotopic (exact) mass is 398 g/mol. The van der Waals surface area contributed by atoms with Crippen LogP contribution in [-0.2, 0) is 9.59 Å². The van der Waals surface area contributed by atoms with Crippen LogP contribution in [0.4, 0.5) is 5.69 Å². The molecule has 3 aromatic carbocycles. The third kappa shape index (κ3) is 4.25. The van der Waals surface area contributed by atoms with Crippen molar-refractivity contribution in [1.82, 2.24) is 4.90 Å². The van der Waals surface area contributed by atoms with Crippen LogP contribution in [0.1, 0.15) is 30.5 Å². The fourth-order valence-electron chi connectivity index (χ4n) is 3.56. The number of anilines is 1. The van der Waals surface area contributed by atoms with Gasteiger partial charge in [0.2, 0.25) is 11.8 Å². The topological polar surface area (TPSA) is 58.6 Å². The molecule has 1 N–H and O–H groups in total. The van der Waals surface area contributed by atoms with Gasteiger partial charge in [0, 0.05) is 13.1 Å². The number of amides is 2. The molecule has 5 heteroatoms. The lowest BCUT2D eigenvalue weighted by Gasteiger charge is -2.32. The van der Waals surface area contributed by atoms with Crippen LogP contribution in [0.25, 0.3) is 6.08 Å². The van der Waals surface area contributed by atoms with Gasteiger partial charge in [0.1, 0.15) is 5.75 Å². The van der Waals surface area contributed by atoms with Crippen LogP contribution in [0.5, 0.6) is 11.5 Å². The number of para-hydroxylation sites is 3. The maximum Gasteiger partial charge on any atom is 0.226 e. The smallest absolute Gasteiger partial charge is 0.226 e. The molecule has 0 fully saturated rings. The van der Waals surface area contributed by atoms with Crippen molar-refractivity contribution in [2.45, 2.75) is 19.4 Å². The molecule has 0 radical (unpaired) electrons. The van der Waals surface area contributed by atoms with E-state index in [1.807, 2.05) is 78.9 Å². The second kappa shape index (κ2) is 8.66. The van der Waals surface area contributed by atoms with Gasteiger partial charge >= 0.3 is 0 Å². The highest BCUT2D eigenvalue weighted by atomic mass is 16.5. The molecule has 1 aliphatic heterocycles. The molecular weight excluding hydrogens is 376 g/mol. The second-order valence-corrected chi connectivity index (χ2v) is 7.05. The van der Waals surface area contributed by atoms with Gasteiger partial charge in [0.25, 0.3) is 0 Å². The number of nitrogens with zero attached hydrogens (tertiary/aromatic N) is 1. The Balaban J connectivity index is 1.53. The number of hydrogen-bond acceptors (Lipinski definition) is 3. The Morgan fingerprint density at radius 1 is 0.933 bits per heavy atom. The maximum absolute atomic E-state index is 12.9. The zero-order chi connectivity index (χ0) is 20.9. The van der Waals surface area contributed by atoms with Crippen molar-refractivity contribution in [2.75, 3.05) is 5.32 Å². The van der Waals surface area contributed by atoms with Crippen LogP contribution in [0, 0.1) is 0 Å². The lowest BCUT2D eigenvalue weighted by molar-refractivity contribution is -0.129. The lowest BCUT2D eigenvalue weighted by atomic mass is 9.93. The molecule has 0 aromatic heterocycles. The first kappa shape index (κ1) is 19.5. The second-order valence-electron chi connectivity index (χ2n) is 7.05. The van der Waals surface area contributed by atoms with Crippen LogP contribution in [-0.4, -0.2) is 16.7 Å². The van der Waals surface area contributed by atoms with Gasteiger partial charge in [-0.15, -0.1) is 0 Å². The van der Waals surface area contributed by atoms with Gasteiger partial charge in [-0.1, -0.05) is 54.6 Å². The molecule has 150 valence electrons. The number of rotatable bonds is 5. The van der Waals surface area contributed by atoms with Gasteiger partial charge in [-0.05, 0) is 41.5 Å². The number of benzene rings is 3. The fourth-order valence-corrected chi connectivity index (χ4v) is 3.56. The van der Waals surface area contributed by atoms with Crippen LogP contribution in [0.2, 0.25) is 0 Å². The predicted octanol–water partition coefficient (Wildman–Crippen LogP) is 5.38. The summed E-state index contributed by atoms with van der Waals surface area (Å²) in [5.41, 5.74) is 2.56. The van der Waals surface area contributed by atoms with E-state index < -0.39 is 0 Å². The molecule has 0 saturated carbocycles. The normalized spacial score (nSPS) is 14.7. The van der Waals surface area contributed by atoms with E-state index in [9.17, 15) is 9.59 Å². The van der Waals surface area contributed by atoms with Gasteiger partial charge in [0.05, 0.1) is 18.2 Å². The highest BCUT2D eigenvalue weighted by molar-refractivity contribution is 5.93. The fraction of sp³-hybridized carbons (Fsp3) is 0.120. The Kier molecular flexibility index (Phi) is 5.61. The standard InChI is InChI=1S/C25H22N2O3/c1-18(28)27-16-15-19-9-5-6-12-21(19)23(27)17-25(29)26-22-13-7-8-14-24(22)30-20-10-3-2-4-11-20/h2-16,23H,17H2,1H3,(H,26,29)/t23-/m0/s1. The summed E-state index contributed by atoms with van der Waals surface area (Å²) in [5, 5.41) is 2.94. The first-order chi connectivity index (χ1) is 14.6. The van der Waals surface area contributed by atoms with E-state index in [1.54, 1.807) is 17.2 Å². The minimum absolute atomic E-state index is 0.105. The molecule has 0 aliphatic carbocycles. The first-order valence-electron chi connectivity index (χ1n) is 9.79. The van der Waals surface area contributed by atoms with E-state index >= 15 is 0 Å². The number of carbonyl (C=O) groups is 2. The number of fused-ring (bicyclic) bond motifs is 1. The Labute approximate surface area is 175 Å². The van der Waals surface area contributed by atoms with E-state index in [1.165, 1.54) is 6.92 Å². The number of carbonyl (C=O) groups excluding carboxylic acids is 2. The Morgan fingerprint density at radius 3 is 2.43 bits per heavy atom. The van der Waals surface area contributed by atoms with Gasteiger partial charge in [0.15, 0.2) is 5.75 Å². The summed E-state index contributed by atoms with van der Waals surface area (Å²) in [6, 6.07) is 24.2. The zero-order valence-corrected chi connectivity index (χ0v) is 16.6. The summed E-state index contributed by atoms with van der Waals surface area (Å²) in [5.74, 6) is 0.949. The van der Waals surface area contributed by atoms with Gasteiger partial charge < -0.3 is 15.0 Å². The summed E-state index contributed by atoms with van der Waals surface area (Å²) in [6.07, 6.45) is 3.78. The van der Waals surface area contributed by atoms with E-state index in [0.29, 0.717) is 17.2 Å². The molecule has 4 rings (SSSR count). The quantitative estimate of drug-likeness (QED) is 0.628. The van der Waals surface area contributed by atoms with Crippen LogP contribution in [0.15, 0.2) is 85.1 Å². The Hall–Kier alpha value is -3.86. The summed E-state index contributed by atoms with van der Waals surface area (Å²) < 4.78 is 5.93. The molecule has 0 spiro atoms. The molecule has 2 amide bonds. The van der Waals surface area contributed by atoms with Crippen molar-refractivity contribution in [3.05, 3.63) is 96.2 Å². The minimum Gasteiger partial charge on any atom is -0.455 e. The predicted molar refractivity (Wildman–Crippen MR) is 117 cm³/mol. The van der Waals surface area contributed by atoms with Crippen molar-refractivity contribution in [3.63, 3.8) is 0 Å². The number of hydrogen-bond donors (Lipinski definition) is 1. The Morgan fingerprint density at radius 2 is 1.63 bits per heavy atom. The largest absolute Gasteiger partial charge is 0.455 e. The van der Waals surface area contributed by atoms with Gasteiger partial charge in [-0.3, -0.25) is 9.59 Å². The number of nitrogens with one attached hydrogen (secondary N) is 1. The highest BCUT2D eigenvalue weighted by Crippen LogP contribution is 2.34. The third-order valence-corrected chi connectivity index (χ3v) is 4.98. The van der Waals surface area contributed by atoms with Crippen molar-refractivity contribution >= 4 is 23.6 Å². The highest BCUT2D eigenvalue weighted by Gasteiger charge is 2.28. The molecule has 1 heterocycles. The summed E-state index contributed by atoms with van der Waals surface area (Å²) in [4.78, 5) is 26.7. The van der Waals surface area contributed by atoms with Crippen molar-refractivity contribution in [3.8, 4) is 11.5 Å². The average molecular weight is 398 g/mol. The molecule has 5 nitrogen and oxygen atoms in total. The van der Waals surface area contributed by atoms with E-state index in [0.717, 1.165) is 11.1 Å². The van der Waals surface area contributed by atoms with Crippen molar-refractivity contribution < 1.29 is 14.3 Å². The zero-order valence-electron chi connectivity index (χ0n) is 16.6. The van der Waals surface area contributed by atoms with E-state index in [2.05, 4.69) is 5.32 Å². The van der Waals surface area contributed by atoms with Crippen molar-refractivity contribution in [1.29, 1.82) is 0 Å². The SMILES string of the molecule is CC(=O)N1C=Cc2ccccc2[C@@H]1CC(=O)Nc1ccccc1Oc1ccccc1. The summed E-state index contributed by atoms with van der Waals surface area (Å²) in [6.45, 7) is 1.51. The molecule has 30 heavy (non-hydrogen) atoms. The van der Waals surface area contributed by atoms with Gasteiger partial charge in [-0.2, -0.15) is 0 Å². The molecule has 1 aliphatic rings. The Bertz CT molecular complexity index is 1090. The lowest BCUT2D eigenvalue weighted by Crippen LogP contribution is -2.33. The third-order valence-electron chi connectivity index (χ3n) is 4.98. The molecule has 1 atom stereocenters. The van der Waals surface area contributed by atoms with Crippen LogP contribution >= 0.6 is 0 Å². The molecule has 0 bridgehead atoms. The first-order valence-corrected chi connectivity index (χ1v) is 9.79. The van der Waals surface area contributed by atoms with E-state index in [-0.39, 0.29) is 24.3 Å². The molecule has 0 saturated heterocycles. The van der Waals surface area contributed by atoms with Gasteiger partial charge in [-0.25, -0.2) is 0 Å². The summed E-state index contributed by atoms with van der Waals surface area (Å²) >= 11 is 0. The molecular formula is C25H22N2O3. The molecule has 0 unspecified atom stereocenters. The van der Waals surface area contributed by atoms with Crippen LogP contribution in [0.3, 0.4) is 0 Å². The number of ether oxygens (including phenoxy) is 1. The maximum atomic E-state index is 12.9. The van der Waals surface area contributed by atoms with Crippen molar-refractivity contribution in [2.24, 2.45) is 0 Å². The minimum atomic E-state index is -0.356. The average Bonchev–Trinajstić information content (AvgIpc) is 2.76. The summed E-state index contributed by atoms with van der Waals surface area (Å²) in [7, 11) is 0. The molecule has 3 aromatic rings. The van der Waals surface area contributed by atoms with E-state index in [4.69, 9.17) is 4.74 Å².